The zero-order valence-electron chi connectivity index (χ0n) is 19.5. The summed E-state index contributed by atoms with van der Waals surface area (Å²) in [6, 6.07) is 16.6. The van der Waals surface area contributed by atoms with E-state index >= 15 is 0 Å². The summed E-state index contributed by atoms with van der Waals surface area (Å²) in [5.74, 6) is 3.45. The maximum Gasteiger partial charge on any atom is 0.193 e. The maximum atomic E-state index is 5.55. The molecule has 2 saturated heterocycles. The highest BCUT2D eigenvalue weighted by Crippen LogP contribution is 2.31. The van der Waals surface area contributed by atoms with Crippen molar-refractivity contribution in [2.75, 3.05) is 76.9 Å². The van der Waals surface area contributed by atoms with Gasteiger partial charge in [0.2, 0.25) is 0 Å². The molecule has 2 aliphatic rings. The molecule has 0 radical (unpaired) electrons. The van der Waals surface area contributed by atoms with Crippen LogP contribution in [-0.2, 0) is 0 Å². The Morgan fingerprint density at radius 3 is 2.53 bits per heavy atom. The van der Waals surface area contributed by atoms with Crippen LogP contribution in [0.1, 0.15) is 6.42 Å². The summed E-state index contributed by atoms with van der Waals surface area (Å²) in [5.41, 5.74) is 2.41. The number of benzene rings is 2. The fourth-order valence-electron chi connectivity index (χ4n) is 4.66. The second-order valence-corrected chi connectivity index (χ2v) is 8.38. The third-order valence-corrected chi connectivity index (χ3v) is 6.47. The number of aliphatic imine (C=N–C) groups is 1. The van der Waals surface area contributed by atoms with Gasteiger partial charge in [-0.15, -0.1) is 0 Å². The van der Waals surface area contributed by atoms with Crippen molar-refractivity contribution in [1.29, 1.82) is 0 Å². The summed E-state index contributed by atoms with van der Waals surface area (Å²) in [7, 11) is 5.34. The number of nitrogens with zero attached hydrogens (tertiary/aromatic N) is 4. The first-order chi connectivity index (χ1) is 15.7. The first-order valence-electron chi connectivity index (χ1n) is 11.4. The summed E-state index contributed by atoms with van der Waals surface area (Å²) < 4.78 is 10.9. The Balaban J connectivity index is 1.27. The molecule has 2 aromatic carbocycles. The monoisotopic (exact) mass is 437 g/mol. The van der Waals surface area contributed by atoms with E-state index < -0.39 is 0 Å². The SMILES string of the molecule is CN=C(NCC1CCN(c2ccccc2OC)C1)N1CCN(c2cccc(OC)c2)CC1. The smallest absolute Gasteiger partial charge is 0.193 e. The fourth-order valence-corrected chi connectivity index (χ4v) is 4.66. The highest BCUT2D eigenvalue weighted by Gasteiger charge is 2.26. The van der Waals surface area contributed by atoms with Crippen LogP contribution in [0.25, 0.3) is 0 Å². The third kappa shape index (κ3) is 5.03. The highest BCUT2D eigenvalue weighted by molar-refractivity contribution is 5.80. The molecule has 2 aromatic rings. The highest BCUT2D eigenvalue weighted by atomic mass is 16.5. The number of anilines is 2. The van der Waals surface area contributed by atoms with Gasteiger partial charge in [0.15, 0.2) is 5.96 Å². The zero-order valence-corrected chi connectivity index (χ0v) is 19.5. The van der Waals surface area contributed by atoms with Crippen LogP contribution < -0.4 is 24.6 Å². The molecule has 4 rings (SSSR count). The number of hydrogen-bond donors (Lipinski definition) is 1. The van der Waals surface area contributed by atoms with Gasteiger partial charge in [-0.25, -0.2) is 0 Å². The molecule has 172 valence electrons. The van der Waals surface area contributed by atoms with E-state index in [4.69, 9.17) is 9.47 Å². The molecule has 32 heavy (non-hydrogen) atoms. The number of rotatable bonds is 6. The number of guanidine groups is 1. The minimum atomic E-state index is 0.592. The maximum absolute atomic E-state index is 5.55. The number of hydrogen-bond acceptors (Lipinski definition) is 5. The van der Waals surface area contributed by atoms with E-state index in [1.165, 1.54) is 17.8 Å². The first-order valence-corrected chi connectivity index (χ1v) is 11.4. The van der Waals surface area contributed by atoms with E-state index in [9.17, 15) is 0 Å². The van der Waals surface area contributed by atoms with Crippen LogP contribution in [0.3, 0.4) is 0 Å². The lowest BCUT2D eigenvalue weighted by Crippen LogP contribution is -2.53. The van der Waals surface area contributed by atoms with Gasteiger partial charge < -0.3 is 29.5 Å². The lowest BCUT2D eigenvalue weighted by atomic mass is 10.1. The summed E-state index contributed by atoms with van der Waals surface area (Å²) in [5, 5.41) is 3.63. The Kier molecular flexibility index (Phi) is 7.24. The van der Waals surface area contributed by atoms with Crippen molar-refractivity contribution < 1.29 is 9.47 Å². The molecule has 0 bridgehead atoms. The molecule has 1 N–H and O–H groups in total. The van der Waals surface area contributed by atoms with E-state index in [2.05, 4.69) is 55.3 Å². The van der Waals surface area contributed by atoms with Gasteiger partial charge in [0.1, 0.15) is 11.5 Å². The van der Waals surface area contributed by atoms with E-state index in [0.29, 0.717) is 5.92 Å². The van der Waals surface area contributed by atoms with Crippen molar-refractivity contribution in [2.45, 2.75) is 6.42 Å². The number of para-hydroxylation sites is 2. The normalized spacial score (nSPS) is 19.3. The van der Waals surface area contributed by atoms with Gasteiger partial charge >= 0.3 is 0 Å². The summed E-state index contributed by atoms with van der Waals surface area (Å²) in [4.78, 5) is 11.8. The van der Waals surface area contributed by atoms with Gasteiger partial charge in [-0.3, -0.25) is 4.99 Å². The Labute approximate surface area is 191 Å². The van der Waals surface area contributed by atoms with Crippen LogP contribution in [0, 0.1) is 5.92 Å². The van der Waals surface area contributed by atoms with E-state index in [1.54, 1.807) is 14.2 Å². The van der Waals surface area contributed by atoms with Crippen LogP contribution >= 0.6 is 0 Å². The van der Waals surface area contributed by atoms with Gasteiger partial charge in [0.05, 0.1) is 19.9 Å². The molecule has 0 saturated carbocycles. The van der Waals surface area contributed by atoms with E-state index in [0.717, 1.165) is 63.3 Å². The van der Waals surface area contributed by atoms with Crippen molar-refractivity contribution in [3.8, 4) is 11.5 Å². The number of piperazine rings is 1. The van der Waals surface area contributed by atoms with Crippen molar-refractivity contribution in [3.05, 3.63) is 48.5 Å². The van der Waals surface area contributed by atoms with Crippen molar-refractivity contribution in [1.82, 2.24) is 10.2 Å². The van der Waals surface area contributed by atoms with Gasteiger partial charge in [-0.05, 0) is 36.6 Å². The van der Waals surface area contributed by atoms with E-state index in [1.807, 2.05) is 25.2 Å². The second-order valence-electron chi connectivity index (χ2n) is 8.38. The van der Waals surface area contributed by atoms with Crippen LogP contribution in [0.2, 0.25) is 0 Å². The molecule has 0 aliphatic carbocycles. The molecule has 1 unspecified atom stereocenters. The first kappa shape index (κ1) is 22.1. The van der Waals surface area contributed by atoms with Gasteiger partial charge in [-0.1, -0.05) is 18.2 Å². The van der Waals surface area contributed by atoms with Crippen LogP contribution in [0.15, 0.2) is 53.5 Å². The van der Waals surface area contributed by atoms with Crippen molar-refractivity contribution in [3.63, 3.8) is 0 Å². The molecule has 2 aliphatic heterocycles. The number of methoxy groups -OCH3 is 2. The standard InChI is InChI=1S/C25H35N5O2/c1-26-25(29-15-13-28(14-16-29)21-7-6-8-22(17-21)31-2)27-18-20-11-12-30(19-20)23-9-4-5-10-24(23)32-3/h4-10,17,20H,11-16,18-19H2,1-3H3,(H,26,27). The molecular weight excluding hydrogens is 402 g/mol. The minimum Gasteiger partial charge on any atom is -0.497 e. The zero-order chi connectivity index (χ0) is 22.3. The fraction of sp³-hybridized carbons (Fsp3) is 0.480. The quantitative estimate of drug-likeness (QED) is 0.554. The molecule has 7 heteroatoms. The molecule has 7 nitrogen and oxygen atoms in total. The summed E-state index contributed by atoms with van der Waals surface area (Å²) >= 11 is 0. The Morgan fingerprint density at radius 1 is 0.969 bits per heavy atom. The largest absolute Gasteiger partial charge is 0.497 e. The lowest BCUT2D eigenvalue weighted by molar-refractivity contribution is 0.368. The number of nitrogens with one attached hydrogen (secondary N) is 1. The number of ether oxygens (including phenoxy) is 2. The van der Waals surface area contributed by atoms with Gasteiger partial charge in [0, 0.05) is 64.6 Å². The van der Waals surface area contributed by atoms with Crippen LogP contribution in [0.5, 0.6) is 11.5 Å². The third-order valence-electron chi connectivity index (χ3n) is 6.47. The molecule has 2 fully saturated rings. The Bertz CT molecular complexity index is 911. The molecular formula is C25H35N5O2. The summed E-state index contributed by atoms with van der Waals surface area (Å²) in [6.45, 7) is 6.88. The topological polar surface area (TPSA) is 52.6 Å². The molecule has 1 atom stereocenters. The average Bonchev–Trinajstić information content (AvgIpc) is 3.33. The predicted molar refractivity (Wildman–Crippen MR) is 131 cm³/mol. The van der Waals surface area contributed by atoms with Gasteiger partial charge in [0.25, 0.3) is 0 Å². The lowest BCUT2D eigenvalue weighted by Gasteiger charge is -2.38. The van der Waals surface area contributed by atoms with Crippen molar-refractivity contribution in [2.24, 2.45) is 10.9 Å². The Hall–Kier alpha value is -3.09. The van der Waals surface area contributed by atoms with E-state index in [-0.39, 0.29) is 0 Å². The predicted octanol–water partition coefficient (Wildman–Crippen LogP) is 2.93. The molecule has 2 heterocycles. The average molecular weight is 438 g/mol. The molecule has 0 spiro atoms. The summed E-state index contributed by atoms with van der Waals surface area (Å²) in [6.07, 6.45) is 1.17. The molecule has 0 amide bonds. The van der Waals surface area contributed by atoms with Crippen molar-refractivity contribution >= 4 is 17.3 Å². The van der Waals surface area contributed by atoms with Crippen LogP contribution in [-0.4, -0.2) is 77.9 Å². The minimum absolute atomic E-state index is 0.592. The van der Waals surface area contributed by atoms with Crippen LogP contribution in [0.4, 0.5) is 11.4 Å². The van der Waals surface area contributed by atoms with Gasteiger partial charge in [-0.2, -0.15) is 0 Å². The molecule has 0 aromatic heterocycles. The second kappa shape index (κ2) is 10.5. The Morgan fingerprint density at radius 2 is 1.78 bits per heavy atom.